The van der Waals surface area contributed by atoms with Crippen LogP contribution in [0.3, 0.4) is 0 Å². The highest BCUT2D eigenvalue weighted by Gasteiger charge is 2.22. The number of aromatic nitrogens is 1. The Morgan fingerprint density at radius 2 is 2.10 bits per heavy atom. The normalized spacial score (nSPS) is 25.9. The van der Waals surface area contributed by atoms with Gasteiger partial charge in [0.1, 0.15) is 5.01 Å². The van der Waals surface area contributed by atoms with E-state index >= 15 is 0 Å². The highest BCUT2D eigenvalue weighted by molar-refractivity contribution is 7.11. The maximum absolute atomic E-state index is 9.94. The van der Waals surface area contributed by atoms with Gasteiger partial charge in [0.05, 0.1) is 11.8 Å². The molecule has 1 aromatic heterocycles. The van der Waals surface area contributed by atoms with Gasteiger partial charge in [0.25, 0.3) is 0 Å². The minimum absolute atomic E-state index is 0.0364. The fraction of sp³-hybridized carbons (Fsp3) is 0.812. The summed E-state index contributed by atoms with van der Waals surface area (Å²) >= 11 is 1.89. The lowest BCUT2D eigenvalue weighted by Gasteiger charge is -2.27. The Hall–Kier alpha value is -0.450. The Morgan fingerprint density at radius 1 is 1.20 bits per heavy atom. The standard InChI is InChI=1S/C16H26N2OS/c19-14-8-2-1-5-12(14)6-4-10-17-11-16-18-13-7-3-9-15(13)20-16/h12,14,17,19H,1-11H2. The predicted octanol–water partition coefficient (Wildman–Crippen LogP) is 3.05. The molecule has 0 amide bonds. The van der Waals surface area contributed by atoms with Crippen LogP contribution in [-0.2, 0) is 19.4 Å². The molecule has 3 rings (SSSR count). The summed E-state index contributed by atoms with van der Waals surface area (Å²) in [7, 11) is 0. The highest BCUT2D eigenvalue weighted by Crippen LogP contribution is 2.28. The lowest BCUT2D eigenvalue weighted by atomic mass is 9.83. The molecule has 2 atom stereocenters. The second-order valence-corrected chi connectivity index (χ2v) is 7.43. The molecule has 0 aromatic carbocycles. The highest BCUT2D eigenvalue weighted by atomic mass is 32.1. The van der Waals surface area contributed by atoms with Crippen molar-refractivity contribution in [3.8, 4) is 0 Å². The van der Waals surface area contributed by atoms with Gasteiger partial charge in [-0.25, -0.2) is 4.98 Å². The number of hydrogen-bond donors (Lipinski definition) is 2. The van der Waals surface area contributed by atoms with E-state index in [1.807, 2.05) is 11.3 Å². The van der Waals surface area contributed by atoms with Gasteiger partial charge in [-0.3, -0.25) is 0 Å². The molecule has 0 aliphatic heterocycles. The van der Waals surface area contributed by atoms with Crippen LogP contribution in [0.15, 0.2) is 0 Å². The van der Waals surface area contributed by atoms with Crippen molar-refractivity contribution in [2.45, 2.75) is 70.4 Å². The Morgan fingerprint density at radius 3 is 2.95 bits per heavy atom. The number of thiazole rings is 1. The average molecular weight is 294 g/mol. The van der Waals surface area contributed by atoms with E-state index in [1.165, 1.54) is 66.9 Å². The van der Waals surface area contributed by atoms with Crippen LogP contribution >= 0.6 is 11.3 Å². The summed E-state index contributed by atoms with van der Waals surface area (Å²) in [6.45, 7) is 1.97. The van der Waals surface area contributed by atoms with Crippen LogP contribution in [0.2, 0.25) is 0 Å². The van der Waals surface area contributed by atoms with Gasteiger partial charge in [-0.05, 0) is 57.4 Å². The van der Waals surface area contributed by atoms with Crippen LogP contribution in [0.4, 0.5) is 0 Å². The lowest BCUT2D eigenvalue weighted by Crippen LogP contribution is -2.25. The largest absolute Gasteiger partial charge is 0.393 e. The van der Waals surface area contributed by atoms with Crippen molar-refractivity contribution < 1.29 is 5.11 Å². The molecule has 2 unspecified atom stereocenters. The first-order valence-electron chi connectivity index (χ1n) is 8.19. The topological polar surface area (TPSA) is 45.1 Å². The monoisotopic (exact) mass is 294 g/mol. The average Bonchev–Trinajstić information content (AvgIpc) is 3.01. The number of fused-ring (bicyclic) bond motifs is 1. The Bertz CT molecular complexity index is 411. The molecule has 0 bridgehead atoms. The first-order valence-corrected chi connectivity index (χ1v) is 9.01. The fourth-order valence-electron chi connectivity index (χ4n) is 3.53. The molecule has 1 aromatic rings. The smallest absolute Gasteiger partial charge is 0.107 e. The van der Waals surface area contributed by atoms with E-state index in [0.29, 0.717) is 5.92 Å². The van der Waals surface area contributed by atoms with Crippen molar-refractivity contribution >= 4 is 11.3 Å². The maximum atomic E-state index is 9.94. The summed E-state index contributed by atoms with van der Waals surface area (Å²) in [5.74, 6) is 0.550. The number of aliphatic hydroxyl groups excluding tert-OH is 1. The Balaban J connectivity index is 1.32. The van der Waals surface area contributed by atoms with Gasteiger partial charge in [-0.1, -0.05) is 12.8 Å². The summed E-state index contributed by atoms with van der Waals surface area (Å²) in [5.41, 5.74) is 1.36. The van der Waals surface area contributed by atoms with Crippen LogP contribution in [0.25, 0.3) is 0 Å². The molecule has 20 heavy (non-hydrogen) atoms. The zero-order chi connectivity index (χ0) is 13.8. The third-order valence-electron chi connectivity index (χ3n) is 4.71. The van der Waals surface area contributed by atoms with Crippen molar-refractivity contribution in [3.63, 3.8) is 0 Å². The van der Waals surface area contributed by atoms with Crippen molar-refractivity contribution in [1.29, 1.82) is 0 Å². The summed E-state index contributed by atoms with van der Waals surface area (Å²) < 4.78 is 0. The SMILES string of the molecule is OC1CCCCC1CCCNCc1nc2c(s1)CCC2. The molecule has 0 spiro atoms. The minimum Gasteiger partial charge on any atom is -0.393 e. The van der Waals surface area contributed by atoms with Crippen LogP contribution in [0, 0.1) is 5.92 Å². The second-order valence-electron chi connectivity index (χ2n) is 6.26. The van der Waals surface area contributed by atoms with E-state index in [4.69, 9.17) is 4.98 Å². The van der Waals surface area contributed by atoms with Gasteiger partial charge in [-0.2, -0.15) is 0 Å². The first-order chi connectivity index (χ1) is 9.83. The molecule has 1 fully saturated rings. The molecule has 0 radical (unpaired) electrons. The molecule has 112 valence electrons. The minimum atomic E-state index is -0.0364. The van der Waals surface area contributed by atoms with E-state index in [0.717, 1.165) is 19.5 Å². The molecular formula is C16H26N2OS. The Kier molecular flexibility index (Phi) is 5.08. The lowest BCUT2D eigenvalue weighted by molar-refractivity contribution is 0.0643. The molecule has 2 aliphatic carbocycles. The third kappa shape index (κ3) is 3.60. The number of hydrogen-bond acceptors (Lipinski definition) is 4. The van der Waals surface area contributed by atoms with Gasteiger partial charge in [-0.15, -0.1) is 11.3 Å². The van der Waals surface area contributed by atoms with Gasteiger partial charge in [0.2, 0.25) is 0 Å². The van der Waals surface area contributed by atoms with E-state index < -0.39 is 0 Å². The van der Waals surface area contributed by atoms with Crippen LogP contribution in [0.1, 0.15) is 60.5 Å². The van der Waals surface area contributed by atoms with Gasteiger partial charge < -0.3 is 10.4 Å². The van der Waals surface area contributed by atoms with Gasteiger partial charge in [0.15, 0.2) is 0 Å². The van der Waals surface area contributed by atoms with Crippen molar-refractivity contribution in [2.24, 2.45) is 5.92 Å². The molecule has 2 N–H and O–H groups in total. The van der Waals surface area contributed by atoms with Crippen LogP contribution in [-0.4, -0.2) is 22.7 Å². The van der Waals surface area contributed by atoms with Gasteiger partial charge >= 0.3 is 0 Å². The first kappa shape index (κ1) is 14.5. The summed E-state index contributed by atoms with van der Waals surface area (Å²) in [6, 6.07) is 0. The van der Waals surface area contributed by atoms with Crippen molar-refractivity contribution in [1.82, 2.24) is 10.3 Å². The molecule has 1 saturated carbocycles. The van der Waals surface area contributed by atoms with E-state index in [9.17, 15) is 5.11 Å². The van der Waals surface area contributed by atoms with Crippen LogP contribution in [0.5, 0.6) is 0 Å². The number of aliphatic hydroxyl groups is 1. The number of nitrogens with zero attached hydrogens (tertiary/aromatic N) is 1. The molecule has 2 aliphatic rings. The van der Waals surface area contributed by atoms with E-state index in [2.05, 4.69) is 5.32 Å². The summed E-state index contributed by atoms with van der Waals surface area (Å²) in [6.07, 6.45) is 10.8. The molecular weight excluding hydrogens is 268 g/mol. The molecule has 4 heteroatoms. The number of aryl methyl sites for hydroxylation is 2. The van der Waals surface area contributed by atoms with Crippen LogP contribution < -0.4 is 5.32 Å². The molecule has 3 nitrogen and oxygen atoms in total. The van der Waals surface area contributed by atoms with E-state index in [1.54, 1.807) is 0 Å². The molecule has 1 heterocycles. The third-order valence-corrected chi connectivity index (χ3v) is 5.87. The number of nitrogens with one attached hydrogen (secondary N) is 1. The fourth-order valence-corrected chi connectivity index (χ4v) is 4.66. The molecule has 0 saturated heterocycles. The number of rotatable bonds is 6. The maximum Gasteiger partial charge on any atom is 0.107 e. The van der Waals surface area contributed by atoms with Gasteiger partial charge in [0, 0.05) is 11.4 Å². The van der Waals surface area contributed by atoms with Crippen molar-refractivity contribution in [3.05, 3.63) is 15.6 Å². The summed E-state index contributed by atoms with van der Waals surface area (Å²) in [5, 5.41) is 14.7. The van der Waals surface area contributed by atoms with E-state index in [-0.39, 0.29) is 6.10 Å². The Labute approximate surface area is 125 Å². The predicted molar refractivity (Wildman–Crippen MR) is 83.0 cm³/mol. The summed E-state index contributed by atoms with van der Waals surface area (Å²) in [4.78, 5) is 6.23. The second kappa shape index (κ2) is 7.01. The quantitative estimate of drug-likeness (QED) is 0.793. The zero-order valence-corrected chi connectivity index (χ0v) is 13.1. The van der Waals surface area contributed by atoms with Crippen molar-refractivity contribution in [2.75, 3.05) is 6.54 Å². The zero-order valence-electron chi connectivity index (χ0n) is 12.2.